The van der Waals surface area contributed by atoms with Crippen molar-refractivity contribution >= 4 is 17.6 Å². The standard InChI is InChI=1S/C23H20N4.2C2H4O2.Co/c1-27(2)19-11-9-17(10-12-19)18-15-22(20-7-3-5-13-24-20)26-23(16-18)21-8-4-6-14-25-21;2*1-2(3)4;/h3-16H,1-2H3;2*1H3,(H,3,4);. The molecule has 0 bridgehead atoms. The Balaban J connectivity index is 0.000000634. The Morgan fingerprint density at radius 1 is 0.667 bits per heavy atom. The van der Waals surface area contributed by atoms with Crippen LogP contribution in [0.4, 0.5) is 5.69 Å². The molecule has 2 N–H and O–H groups in total. The Bertz CT molecular complexity index is 1160. The SMILES string of the molecule is CC(=O)O.CC(=O)O.CN(C)c1ccc(-c2cc(-c3ccccn3)nc(-c3ccccn3)c2)cc1.[Co]. The first-order valence-corrected chi connectivity index (χ1v) is 10.7. The molecule has 9 heteroatoms. The molecule has 3 aromatic heterocycles. The molecule has 0 saturated heterocycles. The summed E-state index contributed by atoms with van der Waals surface area (Å²) in [5.74, 6) is -1.67. The smallest absolute Gasteiger partial charge is 0.300 e. The summed E-state index contributed by atoms with van der Waals surface area (Å²) in [5, 5.41) is 14.8. The second kappa shape index (κ2) is 15.0. The minimum absolute atomic E-state index is 0. The van der Waals surface area contributed by atoms with E-state index in [-0.39, 0.29) is 16.8 Å². The predicted octanol–water partition coefficient (Wildman–Crippen LogP) is 5.12. The van der Waals surface area contributed by atoms with Crippen LogP contribution < -0.4 is 4.90 Å². The average molecular weight is 531 g/mol. The van der Waals surface area contributed by atoms with E-state index in [0.29, 0.717) is 0 Å². The third kappa shape index (κ3) is 10.0. The van der Waals surface area contributed by atoms with Crippen molar-refractivity contribution in [2.75, 3.05) is 19.0 Å². The van der Waals surface area contributed by atoms with Gasteiger partial charge in [-0.3, -0.25) is 19.6 Å². The molecule has 0 atom stereocenters. The van der Waals surface area contributed by atoms with Crippen LogP contribution in [0.25, 0.3) is 33.9 Å². The van der Waals surface area contributed by atoms with E-state index in [1.807, 2.05) is 50.5 Å². The largest absolute Gasteiger partial charge is 0.481 e. The molecule has 3 heterocycles. The number of carboxylic acids is 2. The Morgan fingerprint density at radius 3 is 1.42 bits per heavy atom. The number of benzene rings is 1. The fourth-order valence-electron chi connectivity index (χ4n) is 2.94. The molecule has 0 amide bonds. The van der Waals surface area contributed by atoms with Crippen LogP contribution in [0.3, 0.4) is 0 Å². The van der Waals surface area contributed by atoms with E-state index in [9.17, 15) is 0 Å². The second-order valence-corrected chi connectivity index (χ2v) is 7.54. The third-order valence-corrected chi connectivity index (χ3v) is 4.40. The topological polar surface area (TPSA) is 117 Å². The number of aliphatic carboxylic acids is 2. The van der Waals surface area contributed by atoms with E-state index in [1.165, 1.54) is 5.69 Å². The molecule has 189 valence electrons. The van der Waals surface area contributed by atoms with E-state index < -0.39 is 11.9 Å². The van der Waals surface area contributed by atoms with Crippen LogP contribution in [0.1, 0.15) is 13.8 Å². The van der Waals surface area contributed by atoms with E-state index in [4.69, 9.17) is 24.8 Å². The van der Waals surface area contributed by atoms with Crippen LogP contribution >= 0.6 is 0 Å². The number of nitrogens with zero attached hydrogens (tertiary/aromatic N) is 4. The number of rotatable bonds is 4. The molecule has 1 aromatic carbocycles. The fourth-order valence-corrected chi connectivity index (χ4v) is 2.94. The van der Waals surface area contributed by atoms with Crippen LogP contribution in [0.15, 0.2) is 85.2 Å². The summed E-state index contributed by atoms with van der Waals surface area (Å²) < 4.78 is 0. The van der Waals surface area contributed by atoms with Gasteiger partial charge in [0.15, 0.2) is 0 Å². The number of carboxylic acid groups (broad SMARTS) is 2. The summed E-state index contributed by atoms with van der Waals surface area (Å²) >= 11 is 0. The van der Waals surface area contributed by atoms with Gasteiger partial charge in [0.25, 0.3) is 11.9 Å². The number of pyridine rings is 3. The van der Waals surface area contributed by atoms with Crippen LogP contribution in [-0.4, -0.2) is 51.2 Å². The second-order valence-electron chi connectivity index (χ2n) is 7.54. The van der Waals surface area contributed by atoms with Gasteiger partial charge in [-0.05, 0) is 59.7 Å². The Labute approximate surface area is 220 Å². The average Bonchev–Trinajstić information content (AvgIpc) is 2.84. The van der Waals surface area contributed by atoms with Gasteiger partial charge in [0.1, 0.15) is 0 Å². The summed E-state index contributed by atoms with van der Waals surface area (Å²) in [7, 11) is 4.08. The van der Waals surface area contributed by atoms with Crippen molar-refractivity contribution in [1.82, 2.24) is 15.0 Å². The third-order valence-electron chi connectivity index (χ3n) is 4.40. The molecular weight excluding hydrogens is 503 g/mol. The van der Waals surface area contributed by atoms with E-state index >= 15 is 0 Å². The van der Waals surface area contributed by atoms with Gasteiger partial charge < -0.3 is 15.1 Å². The van der Waals surface area contributed by atoms with Crippen molar-refractivity contribution in [3.8, 4) is 33.9 Å². The number of hydrogen-bond acceptors (Lipinski definition) is 6. The van der Waals surface area contributed by atoms with Gasteiger partial charge in [0.2, 0.25) is 0 Å². The van der Waals surface area contributed by atoms with Gasteiger partial charge in [-0.15, -0.1) is 0 Å². The van der Waals surface area contributed by atoms with Gasteiger partial charge in [0.05, 0.1) is 22.8 Å². The molecule has 8 nitrogen and oxygen atoms in total. The molecule has 0 aliphatic rings. The molecule has 0 fully saturated rings. The molecule has 36 heavy (non-hydrogen) atoms. The van der Waals surface area contributed by atoms with Crippen molar-refractivity contribution in [1.29, 1.82) is 0 Å². The first-order chi connectivity index (χ1) is 16.7. The number of anilines is 1. The zero-order valence-electron chi connectivity index (χ0n) is 20.4. The Morgan fingerprint density at radius 2 is 1.08 bits per heavy atom. The van der Waals surface area contributed by atoms with E-state index in [0.717, 1.165) is 47.8 Å². The molecular formula is C27H28CoN4O4. The molecule has 0 spiro atoms. The first-order valence-electron chi connectivity index (χ1n) is 10.7. The molecule has 4 rings (SSSR count). The molecule has 4 aromatic rings. The summed E-state index contributed by atoms with van der Waals surface area (Å²) in [6, 6.07) is 24.4. The Kier molecular flexibility index (Phi) is 12.5. The first kappa shape index (κ1) is 29.9. The summed E-state index contributed by atoms with van der Waals surface area (Å²) in [6.07, 6.45) is 3.58. The van der Waals surface area contributed by atoms with Gasteiger partial charge in [-0.2, -0.15) is 0 Å². The summed E-state index contributed by atoms with van der Waals surface area (Å²) in [4.78, 5) is 33.8. The monoisotopic (exact) mass is 531 g/mol. The summed E-state index contributed by atoms with van der Waals surface area (Å²) in [6.45, 7) is 2.17. The normalized spacial score (nSPS) is 9.33. The molecule has 0 aliphatic carbocycles. The van der Waals surface area contributed by atoms with Gasteiger partial charge in [-0.25, -0.2) is 4.98 Å². The van der Waals surface area contributed by atoms with Crippen molar-refractivity contribution in [3.63, 3.8) is 0 Å². The minimum atomic E-state index is -0.833. The van der Waals surface area contributed by atoms with Crippen molar-refractivity contribution in [3.05, 3.63) is 85.2 Å². The Hall–Kier alpha value is -4.08. The fraction of sp³-hybridized carbons (Fsp3) is 0.148. The minimum Gasteiger partial charge on any atom is -0.481 e. The van der Waals surface area contributed by atoms with E-state index in [2.05, 4.69) is 51.3 Å². The maximum atomic E-state index is 9.00. The van der Waals surface area contributed by atoms with Crippen molar-refractivity contribution < 1.29 is 36.6 Å². The van der Waals surface area contributed by atoms with Crippen LogP contribution in [0, 0.1) is 0 Å². The molecule has 0 saturated carbocycles. The van der Waals surface area contributed by atoms with Gasteiger partial charge in [-0.1, -0.05) is 24.3 Å². The predicted molar refractivity (Wildman–Crippen MR) is 137 cm³/mol. The zero-order valence-corrected chi connectivity index (χ0v) is 21.5. The van der Waals surface area contributed by atoms with Gasteiger partial charge >= 0.3 is 0 Å². The number of carbonyl (C=O) groups is 2. The maximum absolute atomic E-state index is 9.00. The molecule has 0 aliphatic heterocycles. The van der Waals surface area contributed by atoms with Crippen LogP contribution in [0.2, 0.25) is 0 Å². The maximum Gasteiger partial charge on any atom is 0.300 e. The zero-order chi connectivity index (χ0) is 25.8. The quantitative estimate of drug-likeness (QED) is 0.373. The van der Waals surface area contributed by atoms with Gasteiger partial charge in [0, 0.05) is 62.8 Å². The summed E-state index contributed by atoms with van der Waals surface area (Å²) in [5.41, 5.74) is 6.77. The van der Waals surface area contributed by atoms with Crippen molar-refractivity contribution in [2.45, 2.75) is 13.8 Å². The van der Waals surface area contributed by atoms with Crippen LogP contribution in [0.5, 0.6) is 0 Å². The van der Waals surface area contributed by atoms with E-state index in [1.54, 1.807) is 12.4 Å². The van der Waals surface area contributed by atoms with Crippen molar-refractivity contribution in [2.24, 2.45) is 0 Å². The number of aromatic nitrogens is 3. The molecule has 1 radical (unpaired) electrons. The van der Waals surface area contributed by atoms with Crippen LogP contribution in [-0.2, 0) is 26.4 Å². The molecule has 0 unspecified atom stereocenters. The number of hydrogen-bond donors (Lipinski definition) is 2.